The summed E-state index contributed by atoms with van der Waals surface area (Å²) in [6.45, 7) is 0. The van der Waals surface area contributed by atoms with Gasteiger partial charge in [0.25, 0.3) is 0 Å². The molecule has 0 radical (unpaired) electrons. The first-order valence-corrected chi connectivity index (χ1v) is 19.5. The van der Waals surface area contributed by atoms with E-state index in [1.165, 1.54) is 61.2 Å². The third-order valence-corrected chi connectivity index (χ3v) is 11.5. The number of hydrogen-bond acceptors (Lipinski definition) is 2. The Morgan fingerprint density at radius 3 is 0.947 bits per heavy atom. The van der Waals surface area contributed by atoms with Gasteiger partial charge in [-0.3, -0.25) is 0 Å². The summed E-state index contributed by atoms with van der Waals surface area (Å²) in [6.07, 6.45) is 0. The molecule has 0 aliphatic rings. The summed E-state index contributed by atoms with van der Waals surface area (Å²) in [6, 6.07) is 76.2. The molecule has 0 amide bonds. The molecule has 0 aliphatic heterocycles. The summed E-state index contributed by atoms with van der Waals surface area (Å²) < 4.78 is 12.2. The number of benzene rings is 9. The van der Waals surface area contributed by atoms with Gasteiger partial charge in [-0.2, -0.15) is 0 Å². The molecule has 0 aliphatic carbocycles. The molecule has 57 heavy (non-hydrogen) atoms. The lowest BCUT2D eigenvalue weighted by Crippen LogP contribution is -2.03. The molecule has 9 aromatic carbocycles. The standard InChI is InChI=1S/C55H36O2/c1-2-8-36(9-3-1)37-14-16-38(17-15-37)39-18-24-42(25-19-39)55(43-26-20-40(21-27-43)45-30-32-53-49(34-45)47-10-4-6-12-51(47)56-53)44-28-22-41(23-29-44)46-31-33-54-50(35-46)48-11-5-7-13-52(48)57-54/h1-35,55H. The average Bonchev–Trinajstić information content (AvgIpc) is 3.85. The van der Waals surface area contributed by atoms with E-state index in [2.05, 4.69) is 188 Å². The Labute approximate surface area is 330 Å². The molecule has 2 heterocycles. The maximum absolute atomic E-state index is 6.12. The summed E-state index contributed by atoms with van der Waals surface area (Å²) >= 11 is 0. The predicted molar refractivity (Wildman–Crippen MR) is 237 cm³/mol. The second-order valence-corrected chi connectivity index (χ2v) is 14.9. The molecule has 0 bridgehead atoms. The highest BCUT2D eigenvalue weighted by Gasteiger charge is 2.19. The van der Waals surface area contributed by atoms with Gasteiger partial charge >= 0.3 is 0 Å². The third kappa shape index (κ3) is 6.00. The normalized spacial score (nSPS) is 11.7. The highest BCUT2D eigenvalue weighted by Crippen LogP contribution is 2.38. The van der Waals surface area contributed by atoms with Gasteiger partial charge in [-0.25, -0.2) is 0 Å². The van der Waals surface area contributed by atoms with Crippen LogP contribution in [0, 0.1) is 0 Å². The molecule has 0 atom stereocenters. The van der Waals surface area contributed by atoms with Gasteiger partial charge in [-0.1, -0.05) is 176 Å². The van der Waals surface area contributed by atoms with Gasteiger partial charge in [-0.05, 0) is 97.6 Å². The van der Waals surface area contributed by atoms with Crippen LogP contribution < -0.4 is 0 Å². The summed E-state index contributed by atoms with van der Waals surface area (Å²) in [5.41, 5.74) is 16.9. The highest BCUT2D eigenvalue weighted by molar-refractivity contribution is 6.07. The smallest absolute Gasteiger partial charge is 0.135 e. The van der Waals surface area contributed by atoms with Crippen LogP contribution in [0.3, 0.4) is 0 Å². The monoisotopic (exact) mass is 728 g/mol. The van der Waals surface area contributed by atoms with E-state index >= 15 is 0 Å². The Kier molecular flexibility index (Phi) is 7.93. The molecule has 2 aromatic heterocycles. The molecular weight excluding hydrogens is 693 g/mol. The number of hydrogen-bond donors (Lipinski definition) is 0. The minimum Gasteiger partial charge on any atom is -0.456 e. The largest absolute Gasteiger partial charge is 0.456 e. The van der Waals surface area contributed by atoms with Gasteiger partial charge < -0.3 is 8.83 Å². The Morgan fingerprint density at radius 2 is 0.526 bits per heavy atom. The molecule has 0 saturated heterocycles. The van der Waals surface area contributed by atoms with Crippen molar-refractivity contribution in [1.29, 1.82) is 0 Å². The zero-order valence-electron chi connectivity index (χ0n) is 31.1. The van der Waals surface area contributed by atoms with Crippen molar-refractivity contribution >= 4 is 43.9 Å². The zero-order valence-corrected chi connectivity index (χ0v) is 31.1. The first-order chi connectivity index (χ1) is 28.2. The topological polar surface area (TPSA) is 26.3 Å². The SMILES string of the molecule is c1ccc(-c2ccc(-c3ccc(C(c4ccc(-c5ccc6oc7ccccc7c6c5)cc4)c4ccc(-c5ccc6oc7ccccc7c6c5)cc4)cc3)cc2)cc1. The molecule has 2 nitrogen and oxygen atoms in total. The van der Waals surface area contributed by atoms with Crippen molar-refractivity contribution in [3.8, 4) is 44.5 Å². The van der Waals surface area contributed by atoms with Crippen LogP contribution in [0.5, 0.6) is 0 Å². The fourth-order valence-corrected chi connectivity index (χ4v) is 8.48. The van der Waals surface area contributed by atoms with E-state index in [4.69, 9.17) is 8.83 Å². The van der Waals surface area contributed by atoms with Crippen molar-refractivity contribution in [2.24, 2.45) is 0 Å². The van der Waals surface area contributed by atoms with Crippen LogP contribution in [0.15, 0.2) is 221 Å². The summed E-state index contributed by atoms with van der Waals surface area (Å²) in [5.74, 6) is 0.0446. The van der Waals surface area contributed by atoms with Crippen molar-refractivity contribution in [3.05, 3.63) is 229 Å². The van der Waals surface area contributed by atoms with Crippen LogP contribution >= 0.6 is 0 Å². The Bertz CT molecular complexity index is 3030. The van der Waals surface area contributed by atoms with E-state index in [9.17, 15) is 0 Å². The highest BCUT2D eigenvalue weighted by atomic mass is 16.3. The minimum absolute atomic E-state index is 0.0446. The fourth-order valence-electron chi connectivity index (χ4n) is 8.48. The Morgan fingerprint density at radius 1 is 0.228 bits per heavy atom. The first kappa shape index (κ1) is 33.0. The lowest BCUT2D eigenvalue weighted by molar-refractivity contribution is 0.668. The minimum atomic E-state index is 0.0446. The molecule has 0 saturated carbocycles. The second kappa shape index (κ2) is 13.7. The van der Waals surface area contributed by atoms with Crippen molar-refractivity contribution in [2.75, 3.05) is 0 Å². The molecule has 268 valence electrons. The predicted octanol–water partition coefficient (Wildman–Crippen LogP) is 15.3. The molecule has 2 heteroatoms. The van der Waals surface area contributed by atoms with E-state index in [1.54, 1.807) is 0 Å². The van der Waals surface area contributed by atoms with Crippen molar-refractivity contribution in [3.63, 3.8) is 0 Å². The second-order valence-electron chi connectivity index (χ2n) is 14.9. The number of para-hydroxylation sites is 2. The molecule has 11 aromatic rings. The van der Waals surface area contributed by atoms with Crippen LogP contribution in [0.4, 0.5) is 0 Å². The van der Waals surface area contributed by atoms with Gasteiger partial charge in [0.05, 0.1) is 0 Å². The molecule has 0 unspecified atom stereocenters. The quantitative estimate of drug-likeness (QED) is 0.153. The molecule has 0 N–H and O–H groups in total. The van der Waals surface area contributed by atoms with Crippen molar-refractivity contribution < 1.29 is 8.83 Å². The molecular formula is C55H36O2. The van der Waals surface area contributed by atoms with Gasteiger partial charge in [0.15, 0.2) is 0 Å². The van der Waals surface area contributed by atoms with E-state index in [-0.39, 0.29) is 5.92 Å². The molecule has 11 rings (SSSR count). The van der Waals surface area contributed by atoms with Gasteiger partial charge in [0.1, 0.15) is 22.3 Å². The van der Waals surface area contributed by atoms with Crippen LogP contribution in [0.2, 0.25) is 0 Å². The maximum Gasteiger partial charge on any atom is 0.135 e. The Balaban J connectivity index is 0.948. The van der Waals surface area contributed by atoms with Gasteiger partial charge in [0.2, 0.25) is 0 Å². The van der Waals surface area contributed by atoms with E-state index < -0.39 is 0 Å². The summed E-state index contributed by atoms with van der Waals surface area (Å²) in [7, 11) is 0. The summed E-state index contributed by atoms with van der Waals surface area (Å²) in [5, 5.41) is 4.56. The number of furan rings is 2. The molecule has 0 spiro atoms. The van der Waals surface area contributed by atoms with Crippen LogP contribution in [-0.4, -0.2) is 0 Å². The zero-order chi connectivity index (χ0) is 37.7. The van der Waals surface area contributed by atoms with Crippen LogP contribution in [0.25, 0.3) is 88.4 Å². The van der Waals surface area contributed by atoms with Crippen molar-refractivity contribution in [2.45, 2.75) is 5.92 Å². The average molecular weight is 729 g/mol. The third-order valence-electron chi connectivity index (χ3n) is 11.5. The Hall–Kier alpha value is -7.42. The lowest BCUT2D eigenvalue weighted by Gasteiger charge is -2.20. The van der Waals surface area contributed by atoms with E-state index in [1.807, 2.05) is 24.3 Å². The van der Waals surface area contributed by atoms with Crippen molar-refractivity contribution in [1.82, 2.24) is 0 Å². The van der Waals surface area contributed by atoms with Crippen LogP contribution in [0.1, 0.15) is 22.6 Å². The van der Waals surface area contributed by atoms with Crippen LogP contribution in [-0.2, 0) is 0 Å². The maximum atomic E-state index is 6.12. The molecule has 0 fully saturated rings. The van der Waals surface area contributed by atoms with E-state index in [0.29, 0.717) is 0 Å². The number of rotatable bonds is 7. The van der Waals surface area contributed by atoms with Gasteiger partial charge in [-0.15, -0.1) is 0 Å². The lowest BCUT2D eigenvalue weighted by atomic mass is 9.83. The first-order valence-electron chi connectivity index (χ1n) is 19.5. The fraction of sp³-hybridized carbons (Fsp3) is 0.0182. The van der Waals surface area contributed by atoms with Gasteiger partial charge in [0, 0.05) is 27.5 Å². The summed E-state index contributed by atoms with van der Waals surface area (Å²) in [4.78, 5) is 0. The van der Waals surface area contributed by atoms with E-state index in [0.717, 1.165) is 43.9 Å². The number of fused-ring (bicyclic) bond motifs is 6.